The van der Waals surface area contributed by atoms with Gasteiger partial charge in [0, 0.05) is 5.39 Å². The Morgan fingerprint density at radius 1 is 1.40 bits per heavy atom. The predicted molar refractivity (Wildman–Crippen MR) is 59.7 cm³/mol. The van der Waals surface area contributed by atoms with Gasteiger partial charge in [-0.2, -0.15) is 0 Å². The number of hydrogen-bond acceptors (Lipinski definition) is 4. The van der Waals surface area contributed by atoms with Crippen LogP contribution in [0.5, 0.6) is 0 Å². The zero-order valence-corrected chi connectivity index (χ0v) is 8.54. The summed E-state index contributed by atoms with van der Waals surface area (Å²) in [5, 5.41) is 3.76. The van der Waals surface area contributed by atoms with Crippen LogP contribution in [0.4, 0.5) is 5.95 Å². The molecule has 0 bridgehead atoms. The van der Waals surface area contributed by atoms with Crippen LogP contribution in [-0.2, 0) is 0 Å². The van der Waals surface area contributed by atoms with Crippen LogP contribution in [-0.4, -0.2) is 22.0 Å². The van der Waals surface area contributed by atoms with Gasteiger partial charge in [0.25, 0.3) is 5.91 Å². The number of carbonyl (C=O) groups is 1. The van der Waals surface area contributed by atoms with Crippen molar-refractivity contribution in [2.45, 2.75) is 0 Å². The van der Waals surface area contributed by atoms with Crippen molar-refractivity contribution in [2.24, 2.45) is 0 Å². The highest BCUT2D eigenvalue weighted by Gasteiger charge is 2.20. The second-order valence-electron chi connectivity index (χ2n) is 3.34. The molecule has 0 atom stereocenters. The SMILES string of the molecule is O=C1CNc2nc(=S)c3ccccc3n21. The largest absolute Gasteiger partial charge is 0.346 e. The van der Waals surface area contributed by atoms with Gasteiger partial charge in [0.15, 0.2) is 0 Å². The van der Waals surface area contributed by atoms with Crippen molar-refractivity contribution in [3.05, 3.63) is 28.9 Å². The van der Waals surface area contributed by atoms with E-state index in [1.165, 1.54) is 0 Å². The maximum atomic E-state index is 11.6. The van der Waals surface area contributed by atoms with E-state index in [0.717, 1.165) is 10.9 Å². The Morgan fingerprint density at radius 3 is 3.07 bits per heavy atom. The zero-order chi connectivity index (χ0) is 10.4. The zero-order valence-electron chi connectivity index (χ0n) is 7.73. The highest BCUT2D eigenvalue weighted by molar-refractivity contribution is 7.71. The molecule has 5 heteroatoms. The number of fused-ring (bicyclic) bond motifs is 3. The fourth-order valence-corrected chi connectivity index (χ4v) is 2.03. The average Bonchev–Trinajstić information content (AvgIpc) is 2.61. The summed E-state index contributed by atoms with van der Waals surface area (Å²) in [6, 6.07) is 7.53. The van der Waals surface area contributed by atoms with Crippen LogP contribution in [0.15, 0.2) is 24.3 Å². The summed E-state index contributed by atoms with van der Waals surface area (Å²) in [6.45, 7) is 0.287. The third kappa shape index (κ3) is 1.10. The summed E-state index contributed by atoms with van der Waals surface area (Å²) in [4.78, 5) is 15.8. The van der Waals surface area contributed by atoms with Crippen molar-refractivity contribution in [2.75, 3.05) is 11.9 Å². The van der Waals surface area contributed by atoms with Crippen LogP contribution in [0.25, 0.3) is 10.9 Å². The van der Waals surface area contributed by atoms with E-state index < -0.39 is 0 Å². The molecule has 2 aromatic rings. The molecule has 1 aromatic carbocycles. The lowest BCUT2D eigenvalue weighted by Crippen LogP contribution is -2.09. The van der Waals surface area contributed by atoms with Crippen molar-refractivity contribution in [3.63, 3.8) is 0 Å². The van der Waals surface area contributed by atoms with E-state index in [4.69, 9.17) is 12.2 Å². The highest BCUT2D eigenvalue weighted by Crippen LogP contribution is 2.21. The van der Waals surface area contributed by atoms with E-state index in [1.807, 2.05) is 24.3 Å². The fourth-order valence-electron chi connectivity index (χ4n) is 1.77. The van der Waals surface area contributed by atoms with Crippen LogP contribution in [0, 0.1) is 4.64 Å². The molecule has 0 fully saturated rings. The minimum atomic E-state index is 0.00343. The van der Waals surface area contributed by atoms with Crippen molar-refractivity contribution < 1.29 is 4.79 Å². The average molecular weight is 217 g/mol. The summed E-state index contributed by atoms with van der Waals surface area (Å²) in [5.41, 5.74) is 0.822. The second kappa shape index (κ2) is 2.87. The first-order valence-corrected chi connectivity index (χ1v) is 4.97. The first-order chi connectivity index (χ1) is 7.27. The highest BCUT2D eigenvalue weighted by atomic mass is 32.1. The molecule has 74 valence electrons. The van der Waals surface area contributed by atoms with Crippen molar-refractivity contribution in [1.82, 2.24) is 9.55 Å². The van der Waals surface area contributed by atoms with Gasteiger partial charge in [-0.25, -0.2) is 9.55 Å². The molecular weight excluding hydrogens is 210 g/mol. The van der Waals surface area contributed by atoms with Crippen LogP contribution in [0.1, 0.15) is 4.79 Å². The van der Waals surface area contributed by atoms with Gasteiger partial charge in [-0.1, -0.05) is 24.4 Å². The van der Waals surface area contributed by atoms with E-state index in [-0.39, 0.29) is 12.5 Å². The van der Waals surface area contributed by atoms with E-state index >= 15 is 0 Å². The maximum Gasteiger partial charge on any atom is 0.253 e. The van der Waals surface area contributed by atoms with Gasteiger partial charge in [0.2, 0.25) is 5.95 Å². The van der Waals surface area contributed by atoms with E-state index in [9.17, 15) is 4.79 Å². The predicted octanol–water partition coefficient (Wildman–Crippen LogP) is 1.83. The van der Waals surface area contributed by atoms with Crippen LogP contribution >= 0.6 is 12.2 Å². The molecule has 4 nitrogen and oxygen atoms in total. The number of rotatable bonds is 0. The third-order valence-electron chi connectivity index (χ3n) is 2.44. The molecule has 0 unspecified atom stereocenters. The lowest BCUT2D eigenvalue weighted by molar-refractivity contribution is 0.0948. The van der Waals surface area contributed by atoms with Crippen LogP contribution in [0.2, 0.25) is 0 Å². The minimum absolute atomic E-state index is 0.00343. The Bertz CT molecular complexity index is 632. The molecule has 0 aliphatic carbocycles. The molecule has 1 N–H and O–H groups in total. The summed E-state index contributed by atoms with van der Waals surface area (Å²) in [5.74, 6) is 0.549. The van der Waals surface area contributed by atoms with E-state index in [2.05, 4.69) is 10.3 Å². The molecule has 1 aliphatic rings. The normalized spacial score (nSPS) is 14.0. The number of hydrogen-bond donors (Lipinski definition) is 1. The molecule has 0 saturated carbocycles. The van der Waals surface area contributed by atoms with Crippen LogP contribution in [0.3, 0.4) is 0 Å². The molecule has 0 radical (unpaired) electrons. The number of benzene rings is 1. The number of aromatic nitrogens is 2. The Morgan fingerprint density at radius 2 is 2.20 bits per heavy atom. The number of nitrogens with zero attached hydrogens (tertiary/aromatic N) is 2. The van der Waals surface area contributed by atoms with E-state index in [1.54, 1.807) is 4.57 Å². The molecule has 15 heavy (non-hydrogen) atoms. The van der Waals surface area contributed by atoms with Crippen molar-refractivity contribution >= 4 is 35.0 Å². The molecule has 2 heterocycles. The van der Waals surface area contributed by atoms with Crippen LogP contribution < -0.4 is 5.32 Å². The number of para-hydroxylation sites is 1. The molecule has 0 saturated heterocycles. The van der Waals surface area contributed by atoms with E-state index in [0.29, 0.717) is 10.6 Å². The van der Waals surface area contributed by atoms with Crippen molar-refractivity contribution in [3.8, 4) is 0 Å². The second-order valence-corrected chi connectivity index (χ2v) is 3.73. The van der Waals surface area contributed by atoms with Gasteiger partial charge in [-0.15, -0.1) is 0 Å². The topological polar surface area (TPSA) is 46.9 Å². The smallest absolute Gasteiger partial charge is 0.253 e. The van der Waals surface area contributed by atoms with Crippen molar-refractivity contribution in [1.29, 1.82) is 0 Å². The summed E-state index contributed by atoms with van der Waals surface area (Å²) < 4.78 is 2.10. The molecule has 0 amide bonds. The third-order valence-corrected chi connectivity index (χ3v) is 2.75. The fraction of sp³-hybridized carbons (Fsp3) is 0.100. The lowest BCUT2D eigenvalue weighted by Gasteiger charge is -2.05. The van der Waals surface area contributed by atoms with Gasteiger partial charge in [0.1, 0.15) is 4.64 Å². The summed E-state index contributed by atoms with van der Waals surface area (Å²) in [7, 11) is 0. The minimum Gasteiger partial charge on any atom is -0.346 e. The standard InChI is InChI=1S/C10H7N3OS/c14-8-5-11-10-12-9(15)6-3-1-2-4-7(6)13(8)10/h1-4H,5H2,(H,11,12,15). The molecule has 1 aromatic heterocycles. The van der Waals surface area contributed by atoms with Gasteiger partial charge in [-0.3, -0.25) is 4.79 Å². The lowest BCUT2D eigenvalue weighted by atomic mass is 10.2. The monoisotopic (exact) mass is 217 g/mol. The molecular formula is C10H7N3OS. The maximum absolute atomic E-state index is 11.6. The summed E-state index contributed by atoms with van der Waals surface area (Å²) in [6.07, 6.45) is 0. The summed E-state index contributed by atoms with van der Waals surface area (Å²) >= 11 is 5.16. The Hall–Kier alpha value is -1.75. The number of nitrogens with one attached hydrogen (secondary N) is 1. The first-order valence-electron chi connectivity index (χ1n) is 4.56. The quantitative estimate of drug-likeness (QED) is 0.684. The van der Waals surface area contributed by atoms with Gasteiger partial charge in [0.05, 0.1) is 12.1 Å². The Kier molecular flexibility index (Phi) is 1.63. The Balaban J connectivity index is 2.56. The number of anilines is 1. The van der Waals surface area contributed by atoms with Gasteiger partial charge >= 0.3 is 0 Å². The first kappa shape index (κ1) is 8.55. The van der Waals surface area contributed by atoms with Gasteiger partial charge < -0.3 is 5.32 Å². The Labute approximate surface area is 90.6 Å². The molecule has 1 aliphatic heterocycles. The molecule has 0 spiro atoms. The number of carbonyl (C=O) groups excluding carboxylic acids is 1. The van der Waals surface area contributed by atoms with Gasteiger partial charge in [-0.05, 0) is 12.1 Å². The molecule has 3 rings (SSSR count).